The van der Waals surface area contributed by atoms with E-state index in [1.807, 2.05) is 6.92 Å². The van der Waals surface area contributed by atoms with Crippen molar-refractivity contribution in [1.29, 1.82) is 0 Å². The molecule has 0 amide bonds. The first kappa shape index (κ1) is 13.4. The number of rotatable bonds is 4. The monoisotopic (exact) mass is 250 g/mol. The van der Waals surface area contributed by atoms with Crippen molar-refractivity contribution >= 4 is 11.8 Å². The summed E-state index contributed by atoms with van der Waals surface area (Å²) in [6.07, 6.45) is -4.32. The maximum atomic E-state index is 12.9. The van der Waals surface area contributed by atoms with Gasteiger partial charge in [-0.3, -0.25) is 0 Å². The fourth-order valence-electron chi connectivity index (χ4n) is 1.50. The lowest BCUT2D eigenvalue weighted by molar-refractivity contribution is -0.140. The van der Waals surface area contributed by atoms with E-state index < -0.39 is 11.7 Å². The van der Waals surface area contributed by atoms with Crippen molar-refractivity contribution in [2.75, 3.05) is 12.4 Å². The van der Waals surface area contributed by atoms with Crippen LogP contribution in [0.3, 0.4) is 0 Å². The van der Waals surface area contributed by atoms with Crippen molar-refractivity contribution < 1.29 is 18.3 Å². The summed E-state index contributed by atoms with van der Waals surface area (Å²) < 4.78 is 38.6. The molecule has 1 aromatic rings. The van der Waals surface area contributed by atoms with Crippen LogP contribution < -0.4 is 0 Å². The van der Waals surface area contributed by atoms with Crippen molar-refractivity contribution in [2.24, 2.45) is 0 Å². The number of thioether (sulfide) groups is 1. The lowest BCUT2D eigenvalue weighted by Gasteiger charge is -2.16. The number of alkyl halides is 3. The fraction of sp³-hybridized carbons (Fsp3) is 0.455. The Morgan fingerprint density at radius 3 is 2.50 bits per heavy atom. The highest BCUT2D eigenvalue weighted by atomic mass is 32.2. The third-order valence-electron chi connectivity index (χ3n) is 2.08. The maximum Gasteiger partial charge on any atom is 0.417 e. The Balaban J connectivity index is 3.23. The second-order valence-electron chi connectivity index (χ2n) is 3.19. The third kappa shape index (κ3) is 3.15. The number of benzene rings is 1. The minimum Gasteiger partial charge on any atom is -0.396 e. The molecular formula is C11H13F3OS. The molecule has 16 heavy (non-hydrogen) atoms. The Hall–Kier alpha value is -0.680. The maximum absolute atomic E-state index is 12.9. The smallest absolute Gasteiger partial charge is 0.396 e. The van der Waals surface area contributed by atoms with Gasteiger partial charge in [-0.1, -0.05) is 19.1 Å². The second-order valence-corrected chi connectivity index (χ2v) is 4.50. The molecule has 5 heteroatoms. The number of aliphatic hydroxyl groups is 1. The van der Waals surface area contributed by atoms with E-state index in [9.17, 15) is 13.2 Å². The van der Waals surface area contributed by atoms with E-state index in [2.05, 4.69) is 0 Å². The first-order valence-electron chi connectivity index (χ1n) is 4.93. The van der Waals surface area contributed by atoms with Crippen LogP contribution in [0, 0.1) is 0 Å². The van der Waals surface area contributed by atoms with Crippen LogP contribution in [0.15, 0.2) is 23.1 Å². The minimum atomic E-state index is -4.36. The van der Waals surface area contributed by atoms with Crippen molar-refractivity contribution in [3.05, 3.63) is 29.3 Å². The highest BCUT2D eigenvalue weighted by Gasteiger charge is 2.35. The molecule has 1 rings (SSSR count). The number of halogens is 3. The third-order valence-corrected chi connectivity index (χ3v) is 3.02. The van der Waals surface area contributed by atoms with E-state index in [0.29, 0.717) is 5.75 Å². The molecule has 0 aliphatic heterocycles. The van der Waals surface area contributed by atoms with Crippen LogP contribution in [0.2, 0.25) is 0 Å². The SMILES string of the molecule is CCSc1cccc(CCO)c1C(F)(F)F. The van der Waals surface area contributed by atoms with Crippen LogP contribution in [0.25, 0.3) is 0 Å². The summed E-state index contributed by atoms with van der Waals surface area (Å²) in [6.45, 7) is 1.53. The molecule has 0 fully saturated rings. The molecule has 0 aromatic heterocycles. The van der Waals surface area contributed by atoms with Gasteiger partial charge in [-0.25, -0.2) is 0 Å². The number of hydrogen-bond donors (Lipinski definition) is 1. The zero-order valence-electron chi connectivity index (χ0n) is 8.84. The molecule has 0 saturated carbocycles. The molecule has 90 valence electrons. The van der Waals surface area contributed by atoms with Crippen molar-refractivity contribution in [3.8, 4) is 0 Å². The molecule has 0 saturated heterocycles. The Morgan fingerprint density at radius 1 is 1.31 bits per heavy atom. The zero-order valence-corrected chi connectivity index (χ0v) is 9.66. The average Bonchev–Trinajstić information content (AvgIpc) is 2.17. The van der Waals surface area contributed by atoms with Crippen LogP contribution in [0.1, 0.15) is 18.1 Å². The van der Waals surface area contributed by atoms with Crippen molar-refractivity contribution in [2.45, 2.75) is 24.4 Å². The van der Waals surface area contributed by atoms with Crippen molar-refractivity contribution in [3.63, 3.8) is 0 Å². The summed E-state index contributed by atoms with van der Waals surface area (Å²) in [5.74, 6) is 0.589. The van der Waals surface area contributed by atoms with E-state index in [1.54, 1.807) is 6.07 Å². The van der Waals surface area contributed by atoms with Crippen LogP contribution >= 0.6 is 11.8 Å². The van der Waals surface area contributed by atoms with Gasteiger partial charge in [0.25, 0.3) is 0 Å². The topological polar surface area (TPSA) is 20.2 Å². The average molecular weight is 250 g/mol. The summed E-state index contributed by atoms with van der Waals surface area (Å²) >= 11 is 1.17. The lowest BCUT2D eigenvalue weighted by atomic mass is 10.0. The summed E-state index contributed by atoms with van der Waals surface area (Å²) in [4.78, 5) is 0.237. The molecular weight excluding hydrogens is 237 g/mol. The molecule has 0 spiro atoms. The van der Waals surface area contributed by atoms with Gasteiger partial charge in [-0.15, -0.1) is 11.8 Å². The normalized spacial score (nSPS) is 11.8. The summed E-state index contributed by atoms with van der Waals surface area (Å²) in [5, 5.41) is 8.76. The summed E-state index contributed by atoms with van der Waals surface area (Å²) in [7, 11) is 0. The van der Waals surface area contributed by atoms with Crippen LogP contribution in [-0.4, -0.2) is 17.5 Å². The highest BCUT2D eigenvalue weighted by Crippen LogP contribution is 2.39. The Labute approximate surface area is 96.7 Å². The molecule has 1 nitrogen and oxygen atoms in total. The molecule has 0 aliphatic rings. The first-order chi connectivity index (χ1) is 7.50. The summed E-state index contributed by atoms with van der Waals surface area (Å²) in [5.41, 5.74) is -0.440. The molecule has 0 aliphatic carbocycles. The Bertz CT molecular complexity index is 325. The van der Waals surface area contributed by atoms with Crippen LogP contribution in [0.4, 0.5) is 13.2 Å². The minimum absolute atomic E-state index is 0.0347. The first-order valence-corrected chi connectivity index (χ1v) is 5.92. The molecule has 0 heterocycles. The van der Waals surface area contributed by atoms with Crippen LogP contribution in [0.5, 0.6) is 0 Å². The van der Waals surface area contributed by atoms with E-state index >= 15 is 0 Å². The number of aliphatic hydroxyl groups excluding tert-OH is 1. The van der Waals surface area contributed by atoms with Crippen molar-refractivity contribution in [1.82, 2.24) is 0 Å². The van der Waals surface area contributed by atoms with Gasteiger partial charge < -0.3 is 5.11 Å². The molecule has 1 aromatic carbocycles. The summed E-state index contributed by atoms with van der Waals surface area (Å²) in [6, 6.07) is 4.48. The van der Waals surface area contributed by atoms with Crippen LogP contribution in [-0.2, 0) is 12.6 Å². The largest absolute Gasteiger partial charge is 0.417 e. The predicted octanol–water partition coefficient (Wildman–Crippen LogP) is 3.35. The standard InChI is InChI=1S/C11H13F3OS/c1-2-16-9-5-3-4-8(6-7-15)10(9)11(12,13)14/h3-5,15H,2,6-7H2,1H3. The van der Waals surface area contributed by atoms with E-state index in [4.69, 9.17) is 5.11 Å². The van der Waals surface area contributed by atoms with E-state index in [1.165, 1.54) is 23.9 Å². The molecule has 1 N–H and O–H groups in total. The van der Waals surface area contributed by atoms with Gasteiger partial charge in [0.15, 0.2) is 0 Å². The van der Waals surface area contributed by atoms with Gasteiger partial charge >= 0.3 is 6.18 Å². The van der Waals surface area contributed by atoms with E-state index in [0.717, 1.165) is 0 Å². The molecule has 0 atom stereocenters. The zero-order chi connectivity index (χ0) is 12.2. The Kier molecular flexibility index (Phi) is 4.68. The van der Waals surface area contributed by atoms with E-state index in [-0.39, 0.29) is 23.5 Å². The molecule has 0 radical (unpaired) electrons. The number of hydrogen-bond acceptors (Lipinski definition) is 2. The Morgan fingerprint density at radius 2 is 2.00 bits per heavy atom. The second kappa shape index (κ2) is 5.59. The molecule has 0 bridgehead atoms. The highest BCUT2D eigenvalue weighted by molar-refractivity contribution is 7.99. The fourth-order valence-corrected chi connectivity index (χ4v) is 2.38. The quantitative estimate of drug-likeness (QED) is 0.827. The predicted molar refractivity (Wildman–Crippen MR) is 58.6 cm³/mol. The van der Waals surface area contributed by atoms with Gasteiger partial charge in [-0.05, 0) is 23.8 Å². The van der Waals surface area contributed by atoms with Gasteiger partial charge in [0.05, 0.1) is 5.56 Å². The van der Waals surface area contributed by atoms with Gasteiger partial charge in [0.2, 0.25) is 0 Å². The molecule has 0 unspecified atom stereocenters. The van der Waals surface area contributed by atoms with Gasteiger partial charge in [-0.2, -0.15) is 13.2 Å². The van der Waals surface area contributed by atoms with Gasteiger partial charge in [0, 0.05) is 11.5 Å². The van der Waals surface area contributed by atoms with Gasteiger partial charge in [0.1, 0.15) is 0 Å². The lowest BCUT2D eigenvalue weighted by Crippen LogP contribution is -2.12.